The Labute approximate surface area is 160 Å². The second kappa shape index (κ2) is 7.37. The average molecular weight is 385 g/mol. The number of hydrogen-bond acceptors (Lipinski definition) is 7. The van der Waals surface area contributed by atoms with Crippen LogP contribution < -0.4 is 15.8 Å². The van der Waals surface area contributed by atoms with Crippen LogP contribution >= 0.6 is 0 Å². The van der Waals surface area contributed by atoms with Gasteiger partial charge in [-0.15, -0.1) is 5.10 Å². The standard InChI is InChI=1S/C18H20FN7O2/c1-2-28-15-6-5-12(8-13(15)19)26-17-14(24-25-26)9-21-18(23-17)22-11-4-3-10(7-11)16(20)27/h5-6,8-11H,2-4,7H2,1H3,(H2,20,27)(H,21,22,23)/t10-,11-/m1/s1. The van der Waals surface area contributed by atoms with Crippen LogP contribution in [0.1, 0.15) is 26.2 Å². The minimum atomic E-state index is -0.487. The number of carbonyl (C=O) groups is 1. The number of nitrogens with one attached hydrogen (secondary N) is 1. The molecule has 1 amide bonds. The number of primary amides is 1. The molecule has 0 unspecified atom stereocenters. The van der Waals surface area contributed by atoms with Gasteiger partial charge in [0.15, 0.2) is 22.7 Å². The van der Waals surface area contributed by atoms with Gasteiger partial charge in [0, 0.05) is 18.0 Å². The summed E-state index contributed by atoms with van der Waals surface area (Å²) in [5, 5.41) is 11.3. The summed E-state index contributed by atoms with van der Waals surface area (Å²) in [4.78, 5) is 20.1. The first kappa shape index (κ1) is 18.1. The fourth-order valence-corrected chi connectivity index (χ4v) is 3.42. The summed E-state index contributed by atoms with van der Waals surface area (Å²) >= 11 is 0. The van der Waals surface area contributed by atoms with Gasteiger partial charge in [-0.2, -0.15) is 9.67 Å². The Kier molecular flexibility index (Phi) is 4.76. The first-order valence-corrected chi connectivity index (χ1v) is 9.12. The zero-order valence-corrected chi connectivity index (χ0v) is 15.3. The molecular weight excluding hydrogens is 365 g/mol. The number of anilines is 1. The SMILES string of the molecule is CCOc1ccc(-n2nnc3cnc(N[C@@H]4CC[C@@H](C(N)=O)C4)nc32)cc1F. The molecule has 2 aromatic heterocycles. The van der Waals surface area contributed by atoms with E-state index in [2.05, 4.69) is 25.6 Å². The van der Waals surface area contributed by atoms with Crippen molar-refractivity contribution in [2.75, 3.05) is 11.9 Å². The van der Waals surface area contributed by atoms with Crippen LogP contribution in [0.15, 0.2) is 24.4 Å². The van der Waals surface area contributed by atoms with Crippen molar-refractivity contribution in [3.05, 3.63) is 30.2 Å². The van der Waals surface area contributed by atoms with Gasteiger partial charge in [0.05, 0.1) is 18.5 Å². The molecule has 1 fully saturated rings. The molecule has 0 saturated heterocycles. The molecule has 9 nitrogen and oxygen atoms in total. The summed E-state index contributed by atoms with van der Waals surface area (Å²) in [5.74, 6) is -0.310. The van der Waals surface area contributed by atoms with Crippen LogP contribution in [0, 0.1) is 11.7 Å². The van der Waals surface area contributed by atoms with Gasteiger partial charge in [-0.1, -0.05) is 5.21 Å². The molecule has 3 aromatic rings. The second-order valence-corrected chi connectivity index (χ2v) is 6.71. The lowest BCUT2D eigenvalue weighted by molar-refractivity contribution is -0.121. The van der Waals surface area contributed by atoms with Gasteiger partial charge in [-0.3, -0.25) is 4.79 Å². The topological polar surface area (TPSA) is 121 Å². The van der Waals surface area contributed by atoms with E-state index < -0.39 is 5.82 Å². The first-order valence-electron chi connectivity index (χ1n) is 9.12. The number of halogens is 1. The number of benzene rings is 1. The van der Waals surface area contributed by atoms with Crippen LogP contribution in [-0.2, 0) is 4.79 Å². The Morgan fingerprint density at radius 3 is 3.00 bits per heavy atom. The number of rotatable bonds is 6. The van der Waals surface area contributed by atoms with Crippen molar-refractivity contribution in [1.82, 2.24) is 25.0 Å². The summed E-state index contributed by atoms with van der Waals surface area (Å²) in [5.41, 5.74) is 6.79. The molecule has 1 aliphatic rings. The van der Waals surface area contributed by atoms with Gasteiger partial charge in [-0.25, -0.2) is 9.37 Å². The van der Waals surface area contributed by atoms with Crippen molar-refractivity contribution in [1.29, 1.82) is 0 Å². The summed E-state index contributed by atoms with van der Waals surface area (Å²) in [6, 6.07) is 4.63. The maximum atomic E-state index is 14.2. The minimum Gasteiger partial charge on any atom is -0.491 e. The molecule has 1 saturated carbocycles. The number of fused-ring (bicyclic) bond motifs is 1. The van der Waals surface area contributed by atoms with E-state index in [0.717, 1.165) is 12.8 Å². The molecule has 1 aliphatic carbocycles. The third kappa shape index (κ3) is 3.45. The molecule has 4 rings (SSSR count). The van der Waals surface area contributed by atoms with Gasteiger partial charge in [0.2, 0.25) is 11.9 Å². The van der Waals surface area contributed by atoms with E-state index in [1.165, 1.54) is 10.7 Å². The normalized spacial score (nSPS) is 19.1. The highest BCUT2D eigenvalue weighted by atomic mass is 19.1. The van der Waals surface area contributed by atoms with E-state index in [1.807, 2.05) is 0 Å². The quantitative estimate of drug-likeness (QED) is 0.664. The van der Waals surface area contributed by atoms with E-state index in [9.17, 15) is 9.18 Å². The molecule has 0 radical (unpaired) electrons. The van der Waals surface area contributed by atoms with Gasteiger partial charge in [-0.05, 0) is 38.3 Å². The molecule has 2 heterocycles. The molecule has 28 heavy (non-hydrogen) atoms. The van der Waals surface area contributed by atoms with Crippen molar-refractivity contribution in [2.45, 2.75) is 32.2 Å². The lowest BCUT2D eigenvalue weighted by Crippen LogP contribution is -2.23. The maximum Gasteiger partial charge on any atom is 0.225 e. The van der Waals surface area contributed by atoms with Crippen molar-refractivity contribution in [2.24, 2.45) is 11.7 Å². The predicted molar refractivity (Wildman–Crippen MR) is 99.5 cm³/mol. The molecule has 0 spiro atoms. The number of carbonyl (C=O) groups excluding carboxylic acids is 1. The van der Waals surface area contributed by atoms with Crippen molar-refractivity contribution in [3.8, 4) is 11.4 Å². The highest BCUT2D eigenvalue weighted by molar-refractivity contribution is 5.77. The van der Waals surface area contributed by atoms with Crippen LogP contribution in [0.25, 0.3) is 16.9 Å². The van der Waals surface area contributed by atoms with E-state index in [1.54, 1.807) is 25.3 Å². The Morgan fingerprint density at radius 1 is 1.43 bits per heavy atom. The predicted octanol–water partition coefficient (Wildman–Crippen LogP) is 1.81. The fraction of sp³-hybridized carbons (Fsp3) is 0.389. The molecule has 3 N–H and O–H groups in total. The van der Waals surface area contributed by atoms with Crippen LogP contribution in [0.5, 0.6) is 5.75 Å². The second-order valence-electron chi connectivity index (χ2n) is 6.71. The fourth-order valence-electron chi connectivity index (χ4n) is 3.42. The Morgan fingerprint density at radius 2 is 2.29 bits per heavy atom. The van der Waals surface area contributed by atoms with E-state index in [0.29, 0.717) is 35.8 Å². The van der Waals surface area contributed by atoms with Gasteiger partial charge in [0.25, 0.3) is 0 Å². The maximum absolute atomic E-state index is 14.2. The lowest BCUT2D eigenvalue weighted by Gasteiger charge is -2.12. The summed E-state index contributed by atoms with van der Waals surface area (Å²) in [7, 11) is 0. The van der Waals surface area contributed by atoms with E-state index in [4.69, 9.17) is 10.5 Å². The monoisotopic (exact) mass is 385 g/mol. The summed E-state index contributed by atoms with van der Waals surface area (Å²) in [6.45, 7) is 2.17. The highest BCUT2D eigenvalue weighted by Crippen LogP contribution is 2.27. The number of nitrogens with two attached hydrogens (primary N) is 1. The summed E-state index contributed by atoms with van der Waals surface area (Å²) < 4.78 is 20.9. The number of nitrogens with zero attached hydrogens (tertiary/aromatic N) is 5. The van der Waals surface area contributed by atoms with Crippen molar-refractivity contribution in [3.63, 3.8) is 0 Å². The molecule has 10 heteroatoms. The molecule has 2 atom stereocenters. The average Bonchev–Trinajstić information content (AvgIpc) is 3.30. The Balaban J connectivity index is 1.60. The third-order valence-corrected chi connectivity index (χ3v) is 4.82. The number of ether oxygens (including phenoxy) is 1. The smallest absolute Gasteiger partial charge is 0.225 e. The van der Waals surface area contributed by atoms with Crippen LogP contribution in [-0.4, -0.2) is 43.5 Å². The van der Waals surface area contributed by atoms with E-state index in [-0.39, 0.29) is 23.6 Å². The molecule has 0 aliphatic heterocycles. The Hall–Kier alpha value is -3.30. The largest absolute Gasteiger partial charge is 0.491 e. The minimum absolute atomic E-state index is 0.0715. The highest BCUT2D eigenvalue weighted by Gasteiger charge is 2.28. The molecule has 1 aromatic carbocycles. The number of hydrogen-bond donors (Lipinski definition) is 2. The zero-order valence-electron chi connectivity index (χ0n) is 15.3. The van der Waals surface area contributed by atoms with Crippen LogP contribution in [0.4, 0.5) is 10.3 Å². The molecule has 0 bridgehead atoms. The van der Waals surface area contributed by atoms with Crippen molar-refractivity contribution >= 4 is 23.0 Å². The number of amides is 1. The van der Waals surface area contributed by atoms with Gasteiger partial charge >= 0.3 is 0 Å². The van der Waals surface area contributed by atoms with Gasteiger partial charge in [0.1, 0.15) is 0 Å². The molecule has 146 valence electrons. The lowest BCUT2D eigenvalue weighted by atomic mass is 10.1. The molecular formula is C18H20FN7O2. The van der Waals surface area contributed by atoms with Crippen LogP contribution in [0.3, 0.4) is 0 Å². The zero-order chi connectivity index (χ0) is 19.7. The summed E-state index contributed by atoms with van der Waals surface area (Å²) in [6.07, 6.45) is 3.77. The first-order chi connectivity index (χ1) is 13.5. The van der Waals surface area contributed by atoms with Crippen molar-refractivity contribution < 1.29 is 13.9 Å². The third-order valence-electron chi connectivity index (χ3n) is 4.82. The van der Waals surface area contributed by atoms with Crippen LogP contribution in [0.2, 0.25) is 0 Å². The Bertz CT molecular complexity index is 1020. The number of aromatic nitrogens is 5. The van der Waals surface area contributed by atoms with Gasteiger partial charge < -0.3 is 15.8 Å². The van der Waals surface area contributed by atoms with E-state index >= 15 is 0 Å².